The molecule has 5 heteroatoms. The van der Waals surface area contributed by atoms with Gasteiger partial charge < -0.3 is 14.8 Å². The fourth-order valence-corrected chi connectivity index (χ4v) is 5.80. The molecule has 5 atom stereocenters. The van der Waals surface area contributed by atoms with E-state index in [4.69, 9.17) is 4.74 Å². The number of H-pyrrole nitrogens is 1. The van der Waals surface area contributed by atoms with Crippen molar-refractivity contribution >= 4 is 16.9 Å². The number of carbonyl (C=O) groups is 1. The molecule has 1 saturated heterocycles. The lowest BCUT2D eigenvalue weighted by Crippen LogP contribution is -2.53. The molecule has 2 N–H and O–H groups in total. The molecule has 0 unspecified atom stereocenters. The number of piperidine rings is 1. The minimum absolute atomic E-state index is 0.199. The van der Waals surface area contributed by atoms with E-state index in [1.165, 1.54) is 29.3 Å². The van der Waals surface area contributed by atoms with Crippen LogP contribution in [0.1, 0.15) is 36.6 Å². The Morgan fingerprint density at radius 2 is 2.15 bits per heavy atom. The van der Waals surface area contributed by atoms with Crippen LogP contribution in [-0.2, 0) is 16.0 Å². The van der Waals surface area contributed by atoms with Crippen molar-refractivity contribution in [3.05, 3.63) is 35.5 Å². The smallest absolute Gasteiger partial charge is 0.311 e. The first-order valence-corrected chi connectivity index (χ1v) is 9.76. The van der Waals surface area contributed by atoms with Crippen LogP contribution in [0.3, 0.4) is 0 Å². The number of aromatic amines is 1. The molecule has 3 aliphatic rings. The summed E-state index contributed by atoms with van der Waals surface area (Å²) in [5.41, 5.74) is 3.96. The Kier molecular flexibility index (Phi) is 3.83. The number of para-hydroxylation sites is 1. The molecule has 2 fully saturated rings. The Hall–Kier alpha value is -1.85. The SMILES string of the molecule is COC(=O)[C@@H]1[C@H]2C[C@@H]3c4[nH]c5ccccc5c4CCN3C[C@@H]2CC[C@H]1O. The predicted octanol–water partition coefficient (Wildman–Crippen LogP) is 2.65. The highest BCUT2D eigenvalue weighted by atomic mass is 16.5. The van der Waals surface area contributed by atoms with E-state index < -0.39 is 6.10 Å². The predicted molar refractivity (Wildman–Crippen MR) is 98.7 cm³/mol. The number of aliphatic hydroxyl groups is 1. The van der Waals surface area contributed by atoms with E-state index in [9.17, 15) is 9.90 Å². The van der Waals surface area contributed by atoms with Crippen molar-refractivity contribution in [2.24, 2.45) is 17.8 Å². The number of methoxy groups -OCH3 is 1. The molecule has 5 rings (SSSR count). The van der Waals surface area contributed by atoms with Crippen LogP contribution in [0, 0.1) is 17.8 Å². The van der Waals surface area contributed by atoms with Crippen LogP contribution < -0.4 is 0 Å². The Morgan fingerprint density at radius 3 is 3.00 bits per heavy atom. The van der Waals surface area contributed by atoms with Gasteiger partial charge in [-0.3, -0.25) is 9.69 Å². The first kappa shape index (κ1) is 16.3. The lowest BCUT2D eigenvalue weighted by Gasteiger charge is -2.50. The summed E-state index contributed by atoms with van der Waals surface area (Å²) in [6, 6.07) is 8.83. The average molecular weight is 354 g/mol. The number of nitrogens with one attached hydrogen (secondary N) is 1. The monoisotopic (exact) mass is 354 g/mol. The van der Waals surface area contributed by atoms with Crippen LogP contribution in [0.5, 0.6) is 0 Å². The fourth-order valence-electron chi connectivity index (χ4n) is 5.80. The molecule has 3 heterocycles. The molecule has 1 saturated carbocycles. The van der Waals surface area contributed by atoms with Gasteiger partial charge in [-0.15, -0.1) is 0 Å². The van der Waals surface area contributed by atoms with Crippen molar-refractivity contribution in [1.82, 2.24) is 9.88 Å². The van der Waals surface area contributed by atoms with E-state index in [2.05, 4.69) is 34.1 Å². The molecular formula is C21H26N2O3. The van der Waals surface area contributed by atoms with Crippen molar-refractivity contribution in [3.63, 3.8) is 0 Å². The van der Waals surface area contributed by atoms with Gasteiger partial charge in [-0.25, -0.2) is 0 Å². The van der Waals surface area contributed by atoms with Gasteiger partial charge in [-0.2, -0.15) is 0 Å². The number of ether oxygens (including phenoxy) is 1. The Bertz CT molecular complexity index is 845. The third-order valence-corrected chi connectivity index (χ3v) is 7.02. The molecule has 0 bridgehead atoms. The minimum Gasteiger partial charge on any atom is -0.469 e. The summed E-state index contributed by atoms with van der Waals surface area (Å²) in [6.45, 7) is 2.10. The molecule has 0 amide bonds. The summed E-state index contributed by atoms with van der Waals surface area (Å²) in [7, 11) is 1.43. The molecule has 0 spiro atoms. The van der Waals surface area contributed by atoms with Crippen LogP contribution in [0.4, 0.5) is 0 Å². The lowest BCUT2D eigenvalue weighted by atomic mass is 9.65. The van der Waals surface area contributed by atoms with E-state index in [0.717, 1.165) is 32.4 Å². The fraction of sp³-hybridized carbons (Fsp3) is 0.571. The van der Waals surface area contributed by atoms with Gasteiger partial charge in [0, 0.05) is 29.7 Å². The van der Waals surface area contributed by atoms with Crippen LogP contribution >= 0.6 is 0 Å². The minimum atomic E-state index is -0.568. The zero-order valence-electron chi connectivity index (χ0n) is 15.1. The van der Waals surface area contributed by atoms with E-state index in [-0.39, 0.29) is 17.8 Å². The molecule has 1 aromatic carbocycles. The first-order chi connectivity index (χ1) is 12.7. The molecule has 1 aromatic heterocycles. The molecule has 138 valence electrons. The van der Waals surface area contributed by atoms with Gasteiger partial charge in [0.1, 0.15) is 0 Å². The van der Waals surface area contributed by atoms with Crippen molar-refractivity contribution in [1.29, 1.82) is 0 Å². The van der Waals surface area contributed by atoms with E-state index in [0.29, 0.717) is 18.4 Å². The van der Waals surface area contributed by atoms with Crippen LogP contribution in [0.2, 0.25) is 0 Å². The molecular weight excluding hydrogens is 328 g/mol. The topological polar surface area (TPSA) is 65.6 Å². The molecule has 1 aliphatic carbocycles. The summed E-state index contributed by atoms with van der Waals surface area (Å²) in [5, 5.41) is 11.8. The number of aliphatic hydroxyl groups excluding tert-OH is 1. The van der Waals surface area contributed by atoms with Crippen molar-refractivity contribution in [2.45, 2.75) is 37.8 Å². The second-order valence-electron chi connectivity index (χ2n) is 8.18. The second-order valence-corrected chi connectivity index (χ2v) is 8.18. The van der Waals surface area contributed by atoms with Gasteiger partial charge in [0.05, 0.1) is 25.2 Å². The average Bonchev–Trinajstić information content (AvgIpc) is 3.05. The zero-order chi connectivity index (χ0) is 17.8. The highest BCUT2D eigenvalue weighted by Gasteiger charge is 2.49. The van der Waals surface area contributed by atoms with Crippen molar-refractivity contribution < 1.29 is 14.6 Å². The number of rotatable bonds is 1. The first-order valence-electron chi connectivity index (χ1n) is 9.76. The number of hydrogen-bond acceptors (Lipinski definition) is 4. The van der Waals surface area contributed by atoms with Crippen LogP contribution in [-0.4, -0.2) is 47.3 Å². The second kappa shape index (κ2) is 6.10. The third-order valence-electron chi connectivity index (χ3n) is 7.02. The summed E-state index contributed by atoms with van der Waals surface area (Å²) in [5.74, 6) is 0.0541. The maximum atomic E-state index is 12.4. The molecule has 26 heavy (non-hydrogen) atoms. The standard InChI is InChI=1S/C21H26N2O3/c1-26-21(25)19-15-10-17-20-14(13-4-2-3-5-16(13)22-20)8-9-23(17)11-12(15)6-7-18(19)24/h2-5,12,15,17-19,22,24H,6-11H2,1H3/t12-,15-,17+,18+,19+/m0/s1. The highest BCUT2D eigenvalue weighted by Crippen LogP contribution is 2.49. The van der Waals surface area contributed by atoms with Gasteiger partial charge in [-0.05, 0) is 49.1 Å². The van der Waals surface area contributed by atoms with Gasteiger partial charge in [-0.1, -0.05) is 18.2 Å². The summed E-state index contributed by atoms with van der Waals surface area (Å²) in [6.07, 6.45) is 3.14. The highest BCUT2D eigenvalue weighted by molar-refractivity contribution is 5.85. The van der Waals surface area contributed by atoms with Crippen LogP contribution in [0.15, 0.2) is 24.3 Å². The zero-order valence-corrected chi connectivity index (χ0v) is 15.1. The van der Waals surface area contributed by atoms with Gasteiger partial charge in [0.25, 0.3) is 0 Å². The van der Waals surface area contributed by atoms with E-state index in [1.807, 2.05) is 0 Å². The van der Waals surface area contributed by atoms with E-state index >= 15 is 0 Å². The largest absolute Gasteiger partial charge is 0.469 e. The number of esters is 1. The summed E-state index contributed by atoms with van der Waals surface area (Å²) in [4.78, 5) is 18.6. The number of carbonyl (C=O) groups excluding carboxylic acids is 1. The van der Waals surface area contributed by atoms with Gasteiger partial charge >= 0.3 is 5.97 Å². The van der Waals surface area contributed by atoms with Crippen molar-refractivity contribution in [3.8, 4) is 0 Å². The number of nitrogens with zero attached hydrogens (tertiary/aromatic N) is 1. The third kappa shape index (κ3) is 2.33. The Balaban J connectivity index is 1.52. The molecule has 2 aromatic rings. The number of hydrogen-bond donors (Lipinski definition) is 2. The molecule has 0 radical (unpaired) electrons. The molecule has 5 nitrogen and oxygen atoms in total. The maximum Gasteiger partial charge on any atom is 0.311 e. The lowest BCUT2D eigenvalue weighted by molar-refractivity contribution is -0.160. The summed E-state index contributed by atoms with van der Waals surface area (Å²) < 4.78 is 5.04. The normalized spacial score (nSPS) is 34.0. The van der Waals surface area contributed by atoms with Gasteiger partial charge in [0.15, 0.2) is 0 Å². The number of benzene rings is 1. The van der Waals surface area contributed by atoms with Crippen LogP contribution in [0.25, 0.3) is 10.9 Å². The van der Waals surface area contributed by atoms with Gasteiger partial charge in [0.2, 0.25) is 0 Å². The maximum absolute atomic E-state index is 12.4. The summed E-state index contributed by atoms with van der Waals surface area (Å²) >= 11 is 0. The Morgan fingerprint density at radius 1 is 1.31 bits per heavy atom. The number of fused-ring (bicyclic) bond motifs is 6. The van der Waals surface area contributed by atoms with E-state index in [1.54, 1.807) is 0 Å². The van der Waals surface area contributed by atoms with Crippen molar-refractivity contribution in [2.75, 3.05) is 20.2 Å². The number of aromatic nitrogens is 1. The Labute approximate surface area is 153 Å². The molecule has 2 aliphatic heterocycles. The quantitative estimate of drug-likeness (QED) is 0.773.